The molecular formula is C18H12Cl2N2O. The summed E-state index contributed by atoms with van der Waals surface area (Å²) >= 11 is 11.9. The number of aromatic nitrogens is 2. The largest absolute Gasteiger partial charge is 0.289 e. The van der Waals surface area contributed by atoms with Crippen molar-refractivity contribution in [3.63, 3.8) is 0 Å². The molecule has 0 aliphatic carbocycles. The van der Waals surface area contributed by atoms with Crippen molar-refractivity contribution in [1.82, 2.24) is 10.2 Å². The van der Waals surface area contributed by atoms with Gasteiger partial charge in [0.2, 0.25) is 0 Å². The van der Waals surface area contributed by atoms with Crippen LogP contribution in [0, 0.1) is 0 Å². The van der Waals surface area contributed by atoms with E-state index in [1.807, 2.05) is 30.3 Å². The molecule has 0 spiro atoms. The molecule has 0 atom stereocenters. The summed E-state index contributed by atoms with van der Waals surface area (Å²) in [4.78, 5) is 12.0. The molecule has 0 fully saturated rings. The zero-order chi connectivity index (χ0) is 16.2. The minimum absolute atomic E-state index is 0.0590. The summed E-state index contributed by atoms with van der Waals surface area (Å²) in [5.74, 6) is -0.0590. The molecule has 1 aromatic heterocycles. The lowest BCUT2D eigenvalue weighted by atomic mass is 10.1. The number of carbonyl (C=O) groups excluding carboxylic acids is 1. The Kier molecular flexibility index (Phi) is 4.60. The number of carbonyl (C=O) groups is 1. The Balaban J connectivity index is 1.78. The highest BCUT2D eigenvalue weighted by molar-refractivity contribution is 6.42. The number of halogens is 2. The minimum Gasteiger partial charge on any atom is -0.289 e. The molecule has 114 valence electrons. The molecule has 1 N–H and O–H groups in total. The molecule has 1 heterocycles. The van der Waals surface area contributed by atoms with Gasteiger partial charge in [0.05, 0.1) is 21.4 Å². The van der Waals surface area contributed by atoms with Crippen molar-refractivity contribution in [2.45, 2.75) is 0 Å². The highest BCUT2D eigenvalue weighted by atomic mass is 35.5. The number of H-pyrrole nitrogens is 1. The maximum atomic E-state index is 12.0. The summed E-state index contributed by atoms with van der Waals surface area (Å²) in [6, 6.07) is 16.3. The van der Waals surface area contributed by atoms with Gasteiger partial charge in [-0.15, -0.1) is 0 Å². The molecule has 5 heteroatoms. The summed E-state index contributed by atoms with van der Waals surface area (Å²) in [6.07, 6.45) is 3.21. The van der Waals surface area contributed by atoms with Crippen molar-refractivity contribution in [2.24, 2.45) is 0 Å². The van der Waals surface area contributed by atoms with E-state index in [4.69, 9.17) is 23.2 Å². The molecule has 0 aliphatic heterocycles. The molecule has 23 heavy (non-hydrogen) atoms. The molecule has 0 aliphatic rings. The smallest absolute Gasteiger partial charge is 0.185 e. The molecule has 0 amide bonds. The highest BCUT2D eigenvalue weighted by Gasteiger charge is 2.06. The van der Waals surface area contributed by atoms with Crippen LogP contribution in [0.3, 0.4) is 0 Å². The van der Waals surface area contributed by atoms with Gasteiger partial charge in [0.25, 0.3) is 0 Å². The monoisotopic (exact) mass is 342 g/mol. The van der Waals surface area contributed by atoms with Crippen LogP contribution in [0.1, 0.15) is 16.1 Å². The van der Waals surface area contributed by atoms with Gasteiger partial charge in [-0.25, -0.2) is 0 Å². The number of aromatic amines is 1. The maximum Gasteiger partial charge on any atom is 0.185 e. The van der Waals surface area contributed by atoms with Crippen molar-refractivity contribution in [3.05, 3.63) is 82.0 Å². The number of nitrogens with one attached hydrogen (secondary N) is 1. The van der Waals surface area contributed by atoms with Gasteiger partial charge in [0.15, 0.2) is 5.78 Å². The van der Waals surface area contributed by atoms with Crippen molar-refractivity contribution >= 4 is 35.1 Å². The third-order valence-corrected chi connectivity index (χ3v) is 4.02. The third-order valence-electron chi connectivity index (χ3n) is 3.29. The second-order valence-corrected chi connectivity index (χ2v) is 5.72. The van der Waals surface area contributed by atoms with Crippen LogP contribution in [-0.2, 0) is 0 Å². The lowest BCUT2D eigenvalue weighted by Crippen LogP contribution is -1.92. The average molecular weight is 343 g/mol. The number of benzene rings is 2. The Morgan fingerprint density at radius 1 is 1.00 bits per heavy atom. The first kappa shape index (κ1) is 15.5. The van der Waals surface area contributed by atoms with Crippen LogP contribution in [0.4, 0.5) is 0 Å². The van der Waals surface area contributed by atoms with E-state index in [0.717, 1.165) is 17.0 Å². The van der Waals surface area contributed by atoms with Crippen LogP contribution in [0.2, 0.25) is 10.0 Å². The first-order valence-electron chi connectivity index (χ1n) is 6.92. The molecule has 0 saturated carbocycles. The van der Waals surface area contributed by atoms with Crippen molar-refractivity contribution in [1.29, 1.82) is 0 Å². The maximum absolute atomic E-state index is 12.0. The topological polar surface area (TPSA) is 45.8 Å². The zero-order valence-corrected chi connectivity index (χ0v) is 13.5. The van der Waals surface area contributed by atoms with E-state index >= 15 is 0 Å². The normalized spacial score (nSPS) is 11.0. The average Bonchev–Trinajstić information content (AvgIpc) is 3.05. The fourth-order valence-electron chi connectivity index (χ4n) is 2.09. The van der Waals surface area contributed by atoms with Crippen molar-refractivity contribution < 1.29 is 4.79 Å². The van der Waals surface area contributed by atoms with Gasteiger partial charge in [-0.1, -0.05) is 59.6 Å². The first-order valence-corrected chi connectivity index (χ1v) is 7.67. The Labute approximate surface area is 143 Å². The van der Waals surface area contributed by atoms with Crippen LogP contribution in [0.25, 0.3) is 17.3 Å². The van der Waals surface area contributed by atoms with Gasteiger partial charge >= 0.3 is 0 Å². The summed E-state index contributed by atoms with van der Waals surface area (Å²) in [7, 11) is 0. The first-order chi connectivity index (χ1) is 11.1. The second-order valence-electron chi connectivity index (χ2n) is 4.90. The number of allylic oxidation sites excluding steroid dienone is 1. The molecule has 3 rings (SSSR count). The predicted octanol–water partition coefficient (Wildman–Crippen LogP) is 5.28. The number of ketones is 1. The number of hydrogen-bond acceptors (Lipinski definition) is 2. The second kappa shape index (κ2) is 6.82. The van der Waals surface area contributed by atoms with E-state index in [2.05, 4.69) is 10.2 Å². The van der Waals surface area contributed by atoms with Crippen LogP contribution < -0.4 is 0 Å². The number of nitrogens with zero attached hydrogens (tertiary/aromatic N) is 1. The Hall–Kier alpha value is -2.36. The summed E-state index contributed by atoms with van der Waals surface area (Å²) < 4.78 is 0. The molecule has 3 nitrogen and oxygen atoms in total. The van der Waals surface area contributed by atoms with Crippen LogP contribution in [0.15, 0.2) is 60.7 Å². The molecular weight excluding hydrogens is 331 g/mol. The number of hydrogen-bond donors (Lipinski definition) is 1. The SMILES string of the molecule is O=C(/C=C/c1cc(-c2ccc(Cl)c(Cl)c2)n[nH]1)c1ccccc1. The van der Waals surface area contributed by atoms with Crippen LogP contribution >= 0.6 is 23.2 Å². The quantitative estimate of drug-likeness (QED) is 0.517. The van der Waals surface area contributed by atoms with E-state index in [0.29, 0.717) is 15.6 Å². The lowest BCUT2D eigenvalue weighted by Gasteiger charge is -1.98. The summed E-state index contributed by atoms with van der Waals surface area (Å²) in [6.45, 7) is 0. The van der Waals surface area contributed by atoms with Gasteiger partial charge in [0, 0.05) is 11.1 Å². The molecule has 0 radical (unpaired) electrons. The fraction of sp³-hybridized carbons (Fsp3) is 0. The van der Waals surface area contributed by atoms with E-state index in [1.165, 1.54) is 6.08 Å². The number of rotatable bonds is 4. The van der Waals surface area contributed by atoms with Gasteiger partial charge in [0.1, 0.15) is 0 Å². The van der Waals surface area contributed by atoms with Gasteiger partial charge in [-0.05, 0) is 30.4 Å². The zero-order valence-electron chi connectivity index (χ0n) is 12.0. The van der Waals surface area contributed by atoms with Crippen molar-refractivity contribution in [3.8, 4) is 11.3 Å². The summed E-state index contributed by atoms with van der Waals surface area (Å²) in [5, 5.41) is 8.07. The predicted molar refractivity (Wildman–Crippen MR) is 93.9 cm³/mol. The van der Waals surface area contributed by atoms with E-state index in [1.54, 1.807) is 30.3 Å². The lowest BCUT2D eigenvalue weighted by molar-refractivity contribution is 0.104. The Morgan fingerprint density at radius 3 is 2.52 bits per heavy atom. The molecule has 0 bridgehead atoms. The minimum atomic E-state index is -0.0590. The van der Waals surface area contributed by atoms with E-state index in [-0.39, 0.29) is 5.78 Å². The van der Waals surface area contributed by atoms with Crippen LogP contribution in [-0.4, -0.2) is 16.0 Å². The van der Waals surface area contributed by atoms with Gasteiger partial charge in [-0.3, -0.25) is 9.89 Å². The highest BCUT2D eigenvalue weighted by Crippen LogP contribution is 2.27. The Morgan fingerprint density at radius 2 is 1.78 bits per heavy atom. The molecule has 3 aromatic rings. The van der Waals surface area contributed by atoms with Gasteiger partial charge < -0.3 is 0 Å². The summed E-state index contributed by atoms with van der Waals surface area (Å²) in [5.41, 5.74) is 2.96. The molecule has 0 saturated heterocycles. The van der Waals surface area contributed by atoms with E-state index < -0.39 is 0 Å². The van der Waals surface area contributed by atoms with Crippen LogP contribution in [0.5, 0.6) is 0 Å². The molecule has 0 unspecified atom stereocenters. The Bertz CT molecular complexity index is 870. The third kappa shape index (κ3) is 3.70. The fourth-order valence-corrected chi connectivity index (χ4v) is 2.39. The van der Waals surface area contributed by atoms with Crippen molar-refractivity contribution in [2.75, 3.05) is 0 Å². The van der Waals surface area contributed by atoms with Gasteiger partial charge in [-0.2, -0.15) is 5.10 Å². The van der Waals surface area contributed by atoms with E-state index in [9.17, 15) is 4.79 Å². The molecule has 2 aromatic carbocycles. The standard InChI is InChI=1S/C18H12Cl2N2O/c19-15-8-6-13(10-16(15)20)17-11-14(21-22-17)7-9-18(23)12-4-2-1-3-5-12/h1-11H,(H,21,22)/b9-7+.